The van der Waals surface area contributed by atoms with Crippen LogP contribution in [0.5, 0.6) is 0 Å². The predicted octanol–water partition coefficient (Wildman–Crippen LogP) is 4.24. The molecule has 0 radical (unpaired) electrons. The topological polar surface area (TPSA) is 75.5 Å². The number of nitro benzene ring substituents is 1. The second-order valence-electron chi connectivity index (χ2n) is 7.29. The first-order valence-electron chi connectivity index (χ1n) is 8.72. The van der Waals surface area contributed by atoms with E-state index in [1.165, 1.54) is 24.3 Å². The zero-order chi connectivity index (χ0) is 20.2. The highest BCUT2D eigenvalue weighted by molar-refractivity contribution is 5.94. The lowest BCUT2D eigenvalue weighted by atomic mass is 10.1. The highest BCUT2D eigenvalue weighted by Crippen LogP contribution is 2.19. The summed E-state index contributed by atoms with van der Waals surface area (Å²) in [5.41, 5.74) is 3.67. The Morgan fingerprint density at radius 1 is 1.19 bits per heavy atom. The van der Waals surface area contributed by atoms with Crippen LogP contribution in [0.4, 0.5) is 10.1 Å². The van der Waals surface area contributed by atoms with Crippen LogP contribution in [-0.2, 0) is 13.0 Å². The van der Waals surface area contributed by atoms with Gasteiger partial charge in [-0.1, -0.05) is 25.1 Å². The molecule has 2 rings (SSSR count). The van der Waals surface area contributed by atoms with Crippen molar-refractivity contribution in [1.82, 2.24) is 10.4 Å². The average molecular weight is 373 g/mol. The van der Waals surface area contributed by atoms with Crippen molar-refractivity contribution < 1.29 is 14.1 Å². The summed E-state index contributed by atoms with van der Waals surface area (Å²) >= 11 is 0. The molecule has 2 aromatic carbocycles. The number of nitro groups is 1. The van der Waals surface area contributed by atoms with Crippen molar-refractivity contribution in [2.45, 2.75) is 46.2 Å². The van der Waals surface area contributed by atoms with Crippen LogP contribution in [0.1, 0.15) is 49.2 Å². The molecule has 6 nitrogen and oxygen atoms in total. The van der Waals surface area contributed by atoms with Crippen molar-refractivity contribution in [3.8, 4) is 0 Å². The van der Waals surface area contributed by atoms with Crippen molar-refractivity contribution in [3.05, 3.63) is 75.1 Å². The number of hydrogen-bond donors (Lipinski definition) is 1. The molecule has 0 spiro atoms. The standard InChI is InChI=1S/C20H24FN3O3/c1-5-14-9-10-17(18(21)12-14)19(25)22-23(20(2,3)4)13-15-7-6-8-16(11-15)24(26)27/h6-12H,5,13H2,1-4H3,(H,22,25). The second-order valence-corrected chi connectivity index (χ2v) is 7.29. The normalized spacial score (nSPS) is 11.5. The van der Waals surface area contributed by atoms with E-state index in [0.717, 1.165) is 5.56 Å². The minimum Gasteiger partial charge on any atom is -0.284 e. The Labute approximate surface area is 158 Å². The molecule has 0 unspecified atom stereocenters. The number of non-ortho nitro benzene ring substituents is 1. The van der Waals surface area contributed by atoms with E-state index in [9.17, 15) is 19.3 Å². The predicted molar refractivity (Wildman–Crippen MR) is 102 cm³/mol. The highest BCUT2D eigenvalue weighted by Gasteiger charge is 2.25. The number of carbonyl (C=O) groups is 1. The van der Waals surface area contributed by atoms with E-state index >= 15 is 0 Å². The van der Waals surface area contributed by atoms with Crippen LogP contribution < -0.4 is 5.43 Å². The fraction of sp³-hybridized carbons (Fsp3) is 0.350. The Hall–Kier alpha value is -2.80. The van der Waals surface area contributed by atoms with Gasteiger partial charge in [-0.3, -0.25) is 20.3 Å². The van der Waals surface area contributed by atoms with Crippen LogP contribution in [0.25, 0.3) is 0 Å². The number of nitrogens with zero attached hydrogens (tertiary/aromatic N) is 2. The number of hydrazine groups is 1. The third-order valence-corrected chi connectivity index (χ3v) is 4.19. The largest absolute Gasteiger partial charge is 0.284 e. The summed E-state index contributed by atoms with van der Waals surface area (Å²) in [7, 11) is 0. The SMILES string of the molecule is CCc1ccc(C(=O)NN(Cc2cccc([N+](=O)[O-])c2)C(C)(C)C)c(F)c1. The lowest BCUT2D eigenvalue weighted by Gasteiger charge is -2.35. The zero-order valence-electron chi connectivity index (χ0n) is 16.0. The molecule has 2 aromatic rings. The Bertz CT molecular complexity index is 847. The number of amides is 1. The number of nitrogens with one attached hydrogen (secondary N) is 1. The van der Waals surface area contributed by atoms with Gasteiger partial charge in [0.15, 0.2) is 0 Å². The van der Waals surface area contributed by atoms with Gasteiger partial charge in [-0.05, 0) is 50.5 Å². The van der Waals surface area contributed by atoms with E-state index in [1.54, 1.807) is 23.2 Å². The number of carbonyl (C=O) groups excluding carboxylic acids is 1. The molecule has 0 fully saturated rings. The molecule has 7 heteroatoms. The van der Waals surface area contributed by atoms with Crippen molar-refractivity contribution in [3.63, 3.8) is 0 Å². The molecule has 1 N–H and O–H groups in total. The van der Waals surface area contributed by atoms with E-state index in [2.05, 4.69) is 5.43 Å². The van der Waals surface area contributed by atoms with Crippen LogP contribution in [0, 0.1) is 15.9 Å². The molecule has 0 bridgehead atoms. The molecule has 0 saturated heterocycles. The van der Waals surface area contributed by atoms with Gasteiger partial charge in [-0.2, -0.15) is 0 Å². The van der Waals surface area contributed by atoms with Crippen molar-refractivity contribution in [1.29, 1.82) is 0 Å². The smallest absolute Gasteiger partial charge is 0.269 e. The summed E-state index contributed by atoms with van der Waals surface area (Å²) in [5.74, 6) is -1.13. The summed E-state index contributed by atoms with van der Waals surface area (Å²) in [4.78, 5) is 23.1. The molecule has 144 valence electrons. The fourth-order valence-corrected chi connectivity index (χ4v) is 2.54. The highest BCUT2D eigenvalue weighted by atomic mass is 19.1. The molecule has 0 atom stereocenters. The lowest BCUT2D eigenvalue weighted by molar-refractivity contribution is -0.384. The zero-order valence-corrected chi connectivity index (χ0v) is 16.0. The van der Waals surface area contributed by atoms with E-state index in [4.69, 9.17) is 0 Å². The molecular formula is C20H24FN3O3. The minimum atomic E-state index is -0.573. The molecule has 0 aliphatic heterocycles. The van der Waals surface area contributed by atoms with Gasteiger partial charge in [0.2, 0.25) is 0 Å². The molecule has 0 aliphatic carbocycles. The Balaban J connectivity index is 2.23. The Morgan fingerprint density at radius 2 is 1.89 bits per heavy atom. The van der Waals surface area contributed by atoms with Gasteiger partial charge in [0.25, 0.3) is 11.6 Å². The van der Waals surface area contributed by atoms with Crippen LogP contribution in [0.15, 0.2) is 42.5 Å². The number of hydrogen-bond acceptors (Lipinski definition) is 4. The first kappa shape index (κ1) is 20.5. The first-order valence-corrected chi connectivity index (χ1v) is 8.72. The van der Waals surface area contributed by atoms with E-state index in [1.807, 2.05) is 27.7 Å². The van der Waals surface area contributed by atoms with Crippen LogP contribution in [0.2, 0.25) is 0 Å². The van der Waals surface area contributed by atoms with E-state index < -0.39 is 22.2 Å². The second kappa shape index (κ2) is 8.26. The van der Waals surface area contributed by atoms with Crippen molar-refractivity contribution in [2.75, 3.05) is 0 Å². The van der Waals surface area contributed by atoms with Gasteiger partial charge in [0.1, 0.15) is 5.82 Å². The quantitative estimate of drug-likeness (QED) is 0.607. The summed E-state index contributed by atoms with van der Waals surface area (Å²) < 4.78 is 14.2. The number of aryl methyl sites for hydroxylation is 1. The van der Waals surface area contributed by atoms with Gasteiger partial charge in [0.05, 0.1) is 10.5 Å². The molecule has 0 saturated carbocycles. The number of rotatable bonds is 6. The molecule has 0 aliphatic rings. The monoisotopic (exact) mass is 373 g/mol. The van der Waals surface area contributed by atoms with Crippen LogP contribution in [-0.4, -0.2) is 21.4 Å². The maximum atomic E-state index is 14.2. The molecular weight excluding hydrogens is 349 g/mol. The third-order valence-electron chi connectivity index (χ3n) is 4.19. The molecule has 1 amide bonds. The Morgan fingerprint density at radius 3 is 2.44 bits per heavy atom. The van der Waals surface area contributed by atoms with E-state index in [-0.39, 0.29) is 17.8 Å². The van der Waals surface area contributed by atoms with Gasteiger partial charge in [-0.25, -0.2) is 9.40 Å². The van der Waals surface area contributed by atoms with Crippen LogP contribution in [0.3, 0.4) is 0 Å². The summed E-state index contributed by atoms with van der Waals surface area (Å²) in [5, 5.41) is 12.6. The Kier molecular flexibility index (Phi) is 6.28. The summed E-state index contributed by atoms with van der Waals surface area (Å²) in [6.07, 6.45) is 0.680. The van der Waals surface area contributed by atoms with Gasteiger partial charge in [-0.15, -0.1) is 0 Å². The van der Waals surface area contributed by atoms with Crippen LogP contribution >= 0.6 is 0 Å². The average Bonchev–Trinajstić information content (AvgIpc) is 2.60. The van der Waals surface area contributed by atoms with Crippen molar-refractivity contribution >= 4 is 11.6 Å². The maximum Gasteiger partial charge on any atom is 0.269 e. The summed E-state index contributed by atoms with van der Waals surface area (Å²) in [6, 6.07) is 10.8. The molecule has 0 aromatic heterocycles. The lowest BCUT2D eigenvalue weighted by Crippen LogP contribution is -2.52. The first-order chi connectivity index (χ1) is 12.6. The summed E-state index contributed by atoms with van der Waals surface area (Å²) in [6.45, 7) is 7.82. The van der Waals surface area contributed by atoms with Gasteiger partial charge >= 0.3 is 0 Å². The third kappa shape index (κ3) is 5.34. The van der Waals surface area contributed by atoms with Crippen molar-refractivity contribution in [2.24, 2.45) is 0 Å². The molecule has 0 heterocycles. The number of halogens is 1. The maximum absolute atomic E-state index is 14.2. The number of benzene rings is 2. The molecule has 27 heavy (non-hydrogen) atoms. The van der Waals surface area contributed by atoms with Gasteiger partial charge in [0, 0.05) is 24.2 Å². The van der Waals surface area contributed by atoms with E-state index in [0.29, 0.717) is 12.0 Å². The van der Waals surface area contributed by atoms with Gasteiger partial charge < -0.3 is 0 Å². The minimum absolute atomic E-state index is 0.0196. The fourth-order valence-electron chi connectivity index (χ4n) is 2.54.